The molecular weight excluding hydrogens is 438 g/mol. The predicted octanol–water partition coefficient (Wildman–Crippen LogP) is 4.70. The topological polar surface area (TPSA) is 70.6 Å². The Morgan fingerprint density at radius 3 is 2.48 bits per heavy atom. The van der Waals surface area contributed by atoms with Gasteiger partial charge in [0.1, 0.15) is 17.4 Å². The van der Waals surface area contributed by atoms with E-state index in [1.165, 1.54) is 0 Å². The highest BCUT2D eigenvalue weighted by Gasteiger charge is 2.25. The molecule has 8 heteroatoms. The lowest BCUT2D eigenvalue weighted by molar-refractivity contribution is 0.208. The molecule has 0 radical (unpaired) electrons. The lowest BCUT2D eigenvalue weighted by Crippen LogP contribution is -2.50. The molecular formula is C25H28ClN5O2. The van der Waals surface area contributed by atoms with Crippen LogP contribution in [0.3, 0.4) is 0 Å². The molecule has 1 aromatic heterocycles. The molecule has 1 aliphatic heterocycles. The van der Waals surface area contributed by atoms with Crippen molar-refractivity contribution >= 4 is 29.1 Å². The number of amides is 2. The number of urea groups is 1. The summed E-state index contributed by atoms with van der Waals surface area (Å²) in [4.78, 5) is 26.2. The van der Waals surface area contributed by atoms with Crippen LogP contribution in [-0.4, -0.2) is 54.2 Å². The molecule has 1 saturated heterocycles. The summed E-state index contributed by atoms with van der Waals surface area (Å²) in [6.45, 7) is 6.57. The van der Waals surface area contributed by atoms with Crippen molar-refractivity contribution in [2.24, 2.45) is 0 Å². The van der Waals surface area contributed by atoms with Crippen LogP contribution in [0.4, 0.5) is 16.3 Å². The number of carbonyl (C=O) groups excluding carboxylic acids is 1. The Hall–Kier alpha value is -3.32. The zero-order valence-electron chi connectivity index (χ0n) is 19.1. The van der Waals surface area contributed by atoms with Crippen molar-refractivity contribution in [1.29, 1.82) is 0 Å². The molecule has 2 aromatic carbocycles. The first kappa shape index (κ1) is 22.9. The van der Waals surface area contributed by atoms with E-state index in [-0.39, 0.29) is 6.03 Å². The summed E-state index contributed by atoms with van der Waals surface area (Å²) in [6.07, 6.45) is 0.731. The van der Waals surface area contributed by atoms with Gasteiger partial charge in [0.15, 0.2) is 0 Å². The average molecular weight is 466 g/mol. The lowest BCUT2D eigenvalue weighted by atomic mass is 10.0. The van der Waals surface area contributed by atoms with Gasteiger partial charge in [-0.15, -0.1) is 0 Å². The average Bonchev–Trinajstić information content (AvgIpc) is 2.82. The Balaban J connectivity index is 1.45. The molecule has 1 aliphatic rings. The van der Waals surface area contributed by atoms with Crippen LogP contribution in [0.5, 0.6) is 5.75 Å². The van der Waals surface area contributed by atoms with E-state index in [1.807, 2.05) is 67.3 Å². The molecule has 1 N–H and O–H groups in total. The maximum atomic E-state index is 12.8. The van der Waals surface area contributed by atoms with Crippen molar-refractivity contribution in [3.8, 4) is 5.75 Å². The van der Waals surface area contributed by atoms with Gasteiger partial charge in [0.05, 0.1) is 7.11 Å². The fourth-order valence-corrected chi connectivity index (χ4v) is 4.14. The van der Waals surface area contributed by atoms with Crippen LogP contribution in [0.1, 0.15) is 22.6 Å². The normalized spacial score (nSPS) is 13.7. The third-order valence-corrected chi connectivity index (χ3v) is 6.04. The maximum absolute atomic E-state index is 12.8. The summed E-state index contributed by atoms with van der Waals surface area (Å²) in [5.41, 5.74) is 3.96. The molecule has 0 aliphatic carbocycles. The molecule has 0 spiro atoms. The fourth-order valence-electron chi connectivity index (χ4n) is 4.02. The number of carbonyl (C=O) groups is 1. The molecule has 1 fully saturated rings. The number of piperazine rings is 1. The van der Waals surface area contributed by atoms with E-state index < -0.39 is 0 Å². The van der Waals surface area contributed by atoms with Gasteiger partial charge in [-0.25, -0.2) is 14.8 Å². The predicted molar refractivity (Wildman–Crippen MR) is 132 cm³/mol. The van der Waals surface area contributed by atoms with Gasteiger partial charge in [0.2, 0.25) is 0 Å². The number of methoxy groups -OCH3 is 1. The van der Waals surface area contributed by atoms with Crippen molar-refractivity contribution in [3.05, 3.63) is 76.2 Å². The highest BCUT2D eigenvalue weighted by Crippen LogP contribution is 2.26. The molecule has 3 aromatic rings. The van der Waals surface area contributed by atoms with Crippen LogP contribution in [0.25, 0.3) is 0 Å². The molecule has 33 heavy (non-hydrogen) atoms. The quantitative estimate of drug-likeness (QED) is 0.591. The van der Waals surface area contributed by atoms with Crippen molar-refractivity contribution < 1.29 is 9.53 Å². The van der Waals surface area contributed by atoms with Crippen LogP contribution >= 0.6 is 11.6 Å². The van der Waals surface area contributed by atoms with Crippen LogP contribution in [-0.2, 0) is 6.42 Å². The molecule has 2 heterocycles. The number of nitrogens with zero attached hydrogens (tertiary/aromatic N) is 4. The molecule has 7 nitrogen and oxygen atoms in total. The van der Waals surface area contributed by atoms with Crippen molar-refractivity contribution in [1.82, 2.24) is 14.9 Å². The molecule has 2 amide bonds. The molecule has 0 unspecified atom stereocenters. The lowest BCUT2D eigenvalue weighted by Gasteiger charge is -2.36. The number of benzene rings is 2. The first-order valence-electron chi connectivity index (χ1n) is 11.0. The number of halogens is 1. The minimum Gasteiger partial charge on any atom is -0.497 e. The third kappa shape index (κ3) is 5.54. The van der Waals surface area contributed by atoms with E-state index in [0.717, 1.165) is 39.9 Å². The monoisotopic (exact) mass is 465 g/mol. The second-order valence-corrected chi connectivity index (χ2v) is 8.53. The largest absolute Gasteiger partial charge is 0.497 e. The highest BCUT2D eigenvalue weighted by molar-refractivity contribution is 6.30. The molecule has 4 rings (SSSR count). The summed E-state index contributed by atoms with van der Waals surface area (Å²) in [5.74, 6) is 2.41. The van der Waals surface area contributed by atoms with E-state index in [0.29, 0.717) is 37.6 Å². The smallest absolute Gasteiger partial charge is 0.321 e. The van der Waals surface area contributed by atoms with Gasteiger partial charge in [-0.3, -0.25) is 0 Å². The summed E-state index contributed by atoms with van der Waals surface area (Å²) in [5, 5.41) is 3.68. The molecule has 0 atom stereocenters. The van der Waals surface area contributed by atoms with E-state index >= 15 is 0 Å². The SMILES string of the molecule is COc1cccc(NC(=O)N2CCN(c3nc(C)nc(C)c3Cc3ccc(Cl)cc3)CC2)c1. The van der Waals surface area contributed by atoms with Crippen molar-refractivity contribution in [2.45, 2.75) is 20.3 Å². The third-order valence-electron chi connectivity index (χ3n) is 5.79. The minimum absolute atomic E-state index is 0.112. The van der Waals surface area contributed by atoms with Crippen molar-refractivity contribution in [3.63, 3.8) is 0 Å². The molecule has 0 bridgehead atoms. The zero-order valence-corrected chi connectivity index (χ0v) is 19.9. The van der Waals surface area contributed by atoms with Gasteiger partial charge in [-0.05, 0) is 43.7 Å². The Morgan fingerprint density at radius 1 is 1.06 bits per heavy atom. The summed E-state index contributed by atoms with van der Waals surface area (Å²) in [6, 6.07) is 15.1. The van der Waals surface area contributed by atoms with Crippen LogP contribution in [0.15, 0.2) is 48.5 Å². The fraction of sp³-hybridized carbons (Fsp3) is 0.320. The Morgan fingerprint density at radius 2 is 1.79 bits per heavy atom. The van der Waals surface area contributed by atoms with E-state index in [9.17, 15) is 4.79 Å². The Bertz CT molecular complexity index is 1130. The second kappa shape index (κ2) is 10.1. The van der Waals surface area contributed by atoms with Crippen LogP contribution in [0.2, 0.25) is 5.02 Å². The van der Waals surface area contributed by atoms with Crippen molar-refractivity contribution in [2.75, 3.05) is 43.5 Å². The minimum atomic E-state index is -0.112. The first-order valence-corrected chi connectivity index (χ1v) is 11.3. The number of nitrogens with one attached hydrogen (secondary N) is 1. The van der Waals surface area contributed by atoms with E-state index in [4.69, 9.17) is 21.3 Å². The Kier molecular flexibility index (Phi) is 6.99. The maximum Gasteiger partial charge on any atom is 0.321 e. The number of ether oxygens (including phenoxy) is 1. The van der Waals surface area contributed by atoms with Gasteiger partial charge in [0, 0.05) is 60.6 Å². The molecule has 172 valence electrons. The van der Waals surface area contributed by atoms with Crippen LogP contribution in [0, 0.1) is 13.8 Å². The summed E-state index contributed by atoms with van der Waals surface area (Å²) >= 11 is 6.05. The number of anilines is 2. The van der Waals surface area contributed by atoms with Gasteiger partial charge < -0.3 is 19.9 Å². The number of hydrogen-bond donors (Lipinski definition) is 1. The van der Waals surface area contributed by atoms with E-state index in [2.05, 4.69) is 15.2 Å². The number of rotatable bonds is 5. The van der Waals surface area contributed by atoms with Crippen LogP contribution < -0.4 is 15.0 Å². The summed E-state index contributed by atoms with van der Waals surface area (Å²) in [7, 11) is 1.61. The number of aromatic nitrogens is 2. The zero-order chi connectivity index (χ0) is 23.4. The number of hydrogen-bond acceptors (Lipinski definition) is 5. The standard InChI is InChI=1S/C25H28ClN5O2/c1-17-23(15-19-7-9-20(26)10-8-19)24(28-18(2)27-17)30-11-13-31(14-12-30)25(32)29-21-5-4-6-22(16-21)33-3/h4-10,16H,11-15H2,1-3H3,(H,29,32). The van der Waals surface area contributed by atoms with Gasteiger partial charge >= 0.3 is 6.03 Å². The Labute approximate surface area is 199 Å². The highest BCUT2D eigenvalue weighted by atomic mass is 35.5. The van der Waals surface area contributed by atoms with Gasteiger partial charge in [0.25, 0.3) is 0 Å². The number of aryl methyl sites for hydroxylation is 2. The van der Waals surface area contributed by atoms with Gasteiger partial charge in [-0.1, -0.05) is 29.8 Å². The van der Waals surface area contributed by atoms with Gasteiger partial charge in [-0.2, -0.15) is 0 Å². The van der Waals surface area contributed by atoms with E-state index in [1.54, 1.807) is 7.11 Å². The second-order valence-electron chi connectivity index (χ2n) is 8.10. The first-order chi connectivity index (χ1) is 15.9. The molecule has 0 saturated carbocycles. The summed E-state index contributed by atoms with van der Waals surface area (Å²) < 4.78 is 5.23.